The maximum Gasteiger partial charge on any atom is 0.488 e. The van der Waals surface area contributed by atoms with Gasteiger partial charge in [0, 0.05) is 18.7 Å². The molecule has 2 amide bonds. The first-order chi connectivity index (χ1) is 14.0. The van der Waals surface area contributed by atoms with E-state index < -0.39 is 13.2 Å². The molecule has 7 heteroatoms. The normalized spacial score (nSPS) is 15.4. The Hall–Kier alpha value is -2.64. The average molecular weight is 394 g/mol. The Bertz CT molecular complexity index is 820. The number of amides is 2. The second kappa shape index (κ2) is 9.72. The zero-order valence-electron chi connectivity index (χ0n) is 16.6. The van der Waals surface area contributed by atoms with Crippen molar-refractivity contribution in [1.82, 2.24) is 5.32 Å². The van der Waals surface area contributed by atoms with E-state index >= 15 is 0 Å². The number of benzene rings is 2. The predicted octanol–water partition coefficient (Wildman–Crippen LogP) is 1.91. The van der Waals surface area contributed by atoms with Gasteiger partial charge in [-0.25, -0.2) is 0 Å². The zero-order valence-corrected chi connectivity index (χ0v) is 16.6. The highest BCUT2D eigenvalue weighted by molar-refractivity contribution is 6.58. The molecule has 0 aliphatic heterocycles. The molecule has 152 valence electrons. The Morgan fingerprint density at radius 2 is 1.62 bits per heavy atom. The fourth-order valence-corrected chi connectivity index (χ4v) is 3.90. The Morgan fingerprint density at radius 3 is 2.17 bits per heavy atom. The first-order valence-corrected chi connectivity index (χ1v) is 10.1. The van der Waals surface area contributed by atoms with Crippen LogP contribution in [-0.2, 0) is 9.59 Å². The first kappa shape index (κ1) is 21.1. The topological polar surface area (TPSA) is 89.9 Å². The van der Waals surface area contributed by atoms with Crippen LogP contribution in [0.4, 0.5) is 5.69 Å². The molecule has 1 atom stereocenters. The minimum absolute atomic E-state index is 0.113. The molecule has 3 N–H and O–H groups in total. The quantitative estimate of drug-likeness (QED) is 0.653. The molecule has 1 aliphatic carbocycles. The number of para-hydroxylation sites is 1. The van der Waals surface area contributed by atoms with Crippen molar-refractivity contribution in [2.45, 2.75) is 51.1 Å². The molecule has 29 heavy (non-hydrogen) atoms. The van der Waals surface area contributed by atoms with E-state index in [1.807, 2.05) is 18.2 Å². The van der Waals surface area contributed by atoms with E-state index in [4.69, 9.17) is 0 Å². The van der Waals surface area contributed by atoms with Crippen molar-refractivity contribution < 1.29 is 19.6 Å². The fourth-order valence-electron chi connectivity index (χ4n) is 3.90. The van der Waals surface area contributed by atoms with Crippen molar-refractivity contribution in [2.24, 2.45) is 0 Å². The molecule has 0 heterocycles. The molecule has 2 aromatic rings. The third kappa shape index (κ3) is 5.25. The Balaban J connectivity index is 1.97. The summed E-state index contributed by atoms with van der Waals surface area (Å²) in [6.07, 6.45) is 5.25. The second-order valence-electron chi connectivity index (χ2n) is 7.51. The minimum atomic E-state index is -1.59. The smallest absolute Gasteiger partial charge is 0.423 e. The van der Waals surface area contributed by atoms with E-state index in [9.17, 15) is 19.6 Å². The SMILES string of the molecule is CC(=O)N(c1ccccc1)C(C(=O)NC1CCCCC1)c1ccc(B(O)O)cc1. The lowest BCUT2D eigenvalue weighted by Gasteiger charge is -2.33. The monoisotopic (exact) mass is 394 g/mol. The summed E-state index contributed by atoms with van der Waals surface area (Å²) in [5.41, 5.74) is 1.58. The standard InChI is InChI=1S/C22H27BN2O4/c1-16(26)25(20-10-6-3-7-11-20)21(17-12-14-18(15-13-17)23(28)29)22(27)24-19-8-4-2-5-9-19/h3,6-7,10-15,19,21,28-29H,2,4-5,8-9H2,1H3,(H,24,27). The minimum Gasteiger partial charge on any atom is -0.423 e. The van der Waals surface area contributed by atoms with Gasteiger partial charge in [-0.05, 0) is 36.0 Å². The van der Waals surface area contributed by atoms with Gasteiger partial charge in [-0.2, -0.15) is 0 Å². The van der Waals surface area contributed by atoms with Gasteiger partial charge in [-0.15, -0.1) is 0 Å². The molecule has 1 aliphatic rings. The molecule has 0 radical (unpaired) electrons. The van der Waals surface area contributed by atoms with Gasteiger partial charge in [0.2, 0.25) is 11.8 Å². The highest BCUT2D eigenvalue weighted by Crippen LogP contribution is 2.28. The average Bonchev–Trinajstić information content (AvgIpc) is 2.73. The van der Waals surface area contributed by atoms with E-state index in [0.717, 1.165) is 25.7 Å². The molecule has 0 spiro atoms. The predicted molar refractivity (Wildman–Crippen MR) is 114 cm³/mol. The van der Waals surface area contributed by atoms with Crippen LogP contribution in [0.2, 0.25) is 0 Å². The Kier molecular flexibility index (Phi) is 7.06. The molecule has 1 saturated carbocycles. The van der Waals surface area contributed by atoms with Crippen molar-refractivity contribution >= 4 is 30.1 Å². The Morgan fingerprint density at radius 1 is 1.00 bits per heavy atom. The van der Waals surface area contributed by atoms with Crippen molar-refractivity contribution in [3.05, 3.63) is 60.2 Å². The maximum absolute atomic E-state index is 13.3. The molecule has 0 bridgehead atoms. The first-order valence-electron chi connectivity index (χ1n) is 10.1. The number of carbonyl (C=O) groups is 2. The third-order valence-corrected chi connectivity index (χ3v) is 5.38. The fraction of sp³-hybridized carbons (Fsp3) is 0.364. The summed E-state index contributed by atoms with van der Waals surface area (Å²) in [6, 6.07) is 14.8. The van der Waals surface area contributed by atoms with Crippen molar-refractivity contribution in [3.63, 3.8) is 0 Å². The summed E-state index contributed by atoms with van der Waals surface area (Å²) in [4.78, 5) is 27.4. The van der Waals surface area contributed by atoms with Gasteiger partial charge >= 0.3 is 7.12 Å². The number of nitrogens with zero attached hydrogens (tertiary/aromatic N) is 1. The van der Waals surface area contributed by atoms with Gasteiger partial charge in [0.1, 0.15) is 6.04 Å². The molecule has 0 saturated heterocycles. The molecular weight excluding hydrogens is 367 g/mol. The van der Waals surface area contributed by atoms with Gasteiger partial charge in [0.05, 0.1) is 0 Å². The number of nitrogens with one attached hydrogen (secondary N) is 1. The van der Waals surface area contributed by atoms with E-state index in [1.165, 1.54) is 18.2 Å². The van der Waals surface area contributed by atoms with Crippen molar-refractivity contribution in [2.75, 3.05) is 4.90 Å². The summed E-state index contributed by atoms with van der Waals surface area (Å²) in [5.74, 6) is -0.473. The lowest BCUT2D eigenvalue weighted by atomic mass is 9.79. The van der Waals surface area contributed by atoms with Crippen LogP contribution in [0, 0.1) is 0 Å². The van der Waals surface area contributed by atoms with Gasteiger partial charge < -0.3 is 15.4 Å². The molecule has 1 fully saturated rings. The van der Waals surface area contributed by atoms with Crippen LogP contribution in [0.1, 0.15) is 50.6 Å². The van der Waals surface area contributed by atoms with Gasteiger partial charge in [-0.3, -0.25) is 14.5 Å². The molecular formula is C22H27BN2O4. The second-order valence-corrected chi connectivity index (χ2v) is 7.51. The highest BCUT2D eigenvalue weighted by Gasteiger charge is 2.32. The van der Waals surface area contributed by atoms with E-state index in [-0.39, 0.29) is 17.9 Å². The molecule has 2 aromatic carbocycles. The van der Waals surface area contributed by atoms with Crippen LogP contribution in [0.3, 0.4) is 0 Å². The number of carbonyl (C=O) groups excluding carboxylic acids is 2. The van der Waals surface area contributed by atoms with Gasteiger partial charge in [0.15, 0.2) is 0 Å². The zero-order chi connectivity index (χ0) is 20.8. The molecule has 6 nitrogen and oxygen atoms in total. The molecule has 0 aromatic heterocycles. The van der Waals surface area contributed by atoms with Crippen LogP contribution in [-0.4, -0.2) is 35.0 Å². The third-order valence-electron chi connectivity index (χ3n) is 5.38. The van der Waals surface area contributed by atoms with Crippen molar-refractivity contribution in [3.8, 4) is 0 Å². The summed E-state index contributed by atoms with van der Waals surface area (Å²) in [7, 11) is -1.59. The van der Waals surface area contributed by atoms with Crippen molar-refractivity contribution in [1.29, 1.82) is 0 Å². The van der Waals surface area contributed by atoms with Gasteiger partial charge in [0.25, 0.3) is 0 Å². The number of anilines is 1. The summed E-state index contributed by atoms with van der Waals surface area (Å²) in [6.45, 7) is 1.44. The van der Waals surface area contributed by atoms with E-state index in [2.05, 4.69) is 5.32 Å². The summed E-state index contributed by atoms with van der Waals surface area (Å²) < 4.78 is 0. The van der Waals surface area contributed by atoms with Gasteiger partial charge in [-0.1, -0.05) is 61.7 Å². The molecule has 3 rings (SSSR count). The Labute approximate surface area is 171 Å². The van der Waals surface area contributed by atoms with Crippen LogP contribution in [0.25, 0.3) is 0 Å². The highest BCUT2D eigenvalue weighted by atomic mass is 16.4. The van der Waals surface area contributed by atoms with Crippen LogP contribution in [0.15, 0.2) is 54.6 Å². The number of hydrogen-bond acceptors (Lipinski definition) is 4. The molecule has 1 unspecified atom stereocenters. The lowest BCUT2D eigenvalue weighted by Crippen LogP contribution is -2.47. The maximum atomic E-state index is 13.3. The lowest BCUT2D eigenvalue weighted by molar-refractivity contribution is -0.126. The number of hydrogen-bond donors (Lipinski definition) is 3. The van der Waals surface area contributed by atoms with E-state index in [0.29, 0.717) is 16.7 Å². The summed E-state index contributed by atoms with van der Waals surface area (Å²) in [5, 5.41) is 21.9. The number of rotatable bonds is 6. The largest absolute Gasteiger partial charge is 0.488 e. The van der Waals surface area contributed by atoms with Crippen LogP contribution >= 0.6 is 0 Å². The van der Waals surface area contributed by atoms with Crippen LogP contribution in [0.5, 0.6) is 0 Å². The van der Waals surface area contributed by atoms with E-state index in [1.54, 1.807) is 36.4 Å². The van der Waals surface area contributed by atoms with Crippen LogP contribution < -0.4 is 15.7 Å². The summed E-state index contributed by atoms with van der Waals surface area (Å²) >= 11 is 0.